The van der Waals surface area contributed by atoms with Crippen LogP contribution in [0.4, 0.5) is 5.69 Å². The van der Waals surface area contributed by atoms with Gasteiger partial charge in [0.1, 0.15) is 0 Å². The van der Waals surface area contributed by atoms with Gasteiger partial charge in [-0.2, -0.15) is 5.10 Å². The average molecular weight is 354 g/mol. The molecule has 2 aromatic rings. The van der Waals surface area contributed by atoms with Gasteiger partial charge in [-0.1, -0.05) is 0 Å². The molecule has 3 rings (SSSR count). The Labute approximate surface area is 156 Å². The summed E-state index contributed by atoms with van der Waals surface area (Å²) in [5.74, 6) is -0.0121. The summed E-state index contributed by atoms with van der Waals surface area (Å²) in [5.41, 5.74) is 5.36. The minimum Gasteiger partial charge on any atom is -0.372 e. The van der Waals surface area contributed by atoms with Crippen molar-refractivity contribution in [2.75, 3.05) is 18.0 Å². The Bertz CT molecular complexity index is 757. The van der Waals surface area contributed by atoms with Crippen LogP contribution in [-0.2, 0) is 13.5 Å². The van der Waals surface area contributed by atoms with E-state index in [0.29, 0.717) is 0 Å². The zero-order chi connectivity index (χ0) is 18.7. The molecule has 0 bridgehead atoms. The largest absolute Gasteiger partial charge is 0.372 e. The van der Waals surface area contributed by atoms with Crippen molar-refractivity contribution in [2.45, 2.75) is 52.5 Å². The van der Waals surface area contributed by atoms with Gasteiger partial charge < -0.3 is 10.2 Å². The van der Waals surface area contributed by atoms with Crippen LogP contribution in [0.25, 0.3) is 0 Å². The predicted octanol–water partition coefficient (Wildman–Crippen LogP) is 3.39. The highest BCUT2D eigenvalue weighted by atomic mass is 16.1. The van der Waals surface area contributed by atoms with Gasteiger partial charge >= 0.3 is 0 Å². The predicted molar refractivity (Wildman–Crippen MR) is 106 cm³/mol. The number of amides is 1. The van der Waals surface area contributed by atoms with Crippen molar-refractivity contribution in [2.24, 2.45) is 7.05 Å². The standard InChI is InChI=1S/C21H30N4O/c1-15(14-20-16(2)23-24(4)17(20)3)22-21(26)18-8-10-19(11-9-18)25-12-6-5-7-13-25/h8-11,15H,5-7,12-14H2,1-4H3,(H,22,26)/t15-/m0/s1. The number of anilines is 1. The molecule has 1 N–H and O–H groups in total. The Hall–Kier alpha value is -2.30. The van der Waals surface area contributed by atoms with Crippen LogP contribution in [0.1, 0.15) is 53.5 Å². The maximum absolute atomic E-state index is 12.6. The third-order valence-corrected chi connectivity index (χ3v) is 5.40. The molecule has 1 atom stereocenters. The van der Waals surface area contributed by atoms with E-state index in [9.17, 15) is 4.79 Å². The Kier molecular flexibility index (Phi) is 5.64. The van der Waals surface area contributed by atoms with E-state index in [-0.39, 0.29) is 11.9 Å². The van der Waals surface area contributed by atoms with Crippen LogP contribution in [0.2, 0.25) is 0 Å². The van der Waals surface area contributed by atoms with Crippen LogP contribution in [0, 0.1) is 13.8 Å². The van der Waals surface area contributed by atoms with Crippen molar-refractivity contribution in [1.29, 1.82) is 0 Å². The second kappa shape index (κ2) is 7.94. The lowest BCUT2D eigenvalue weighted by Gasteiger charge is -2.28. The molecule has 5 nitrogen and oxygen atoms in total. The topological polar surface area (TPSA) is 50.2 Å². The number of aryl methyl sites for hydroxylation is 2. The molecule has 1 aliphatic heterocycles. The molecular weight excluding hydrogens is 324 g/mol. The third kappa shape index (κ3) is 4.09. The van der Waals surface area contributed by atoms with Crippen molar-refractivity contribution >= 4 is 11.6 Å². The number of piperidine rings is 1. The molecule has 1 aromatic heterocycles. The number of carbonyl (C=O) groups excluding carboxylic acids is 1. The summed E-state index contributed by atoms with van der Waals surface area (Å²) in [6.45, 7) is 8.38. The molecule has 0 spiro atoms. The first-order chi connectivity index (χ1) is 12.5. The fourth-order valence-electron chi connectivity index (χ4n) is 3.75. The van der Waals surface area contributed by atoms with Crippen LogP contribution in [0.3, 0.4) is 0 Å². The van der Waals surface area contributed by atoms with E-state index in [1.54, 1.807) is 0 Å². The molecule has 1 aromatic carbocycles. The number of nitrogens with zero attached hydrogens (tertiary/aromatic N) is 3. The van der Waals surface area contributed by atoms with E-state index < -0.39 is 0 Å². The maximum Gasteiger partial charge on any atom is 0.251 e. The SMILES string of the molecule is Cc1nn(C)c(C)c1C[C@H](C)NC(=O)c1ccc(N2CCCCC2)cc1. The fourth-order valence-corrected chi connectivity index (χ4v) is 3.75. The molecule has 0 saturated carbocycles. The normalized spacial score (nSPS) is 15.8. The molecule has 140 valence electrons. The van der Waals surface area contributed by atoms with Crippen LogP contribution < -0.4 is 10.2 Å². The van der Waals surface area contributed by atoms with Gasteiger partial charge in [-0.15, -0.1) is 0 Å². The molecule has 1 aliphatic rings. The number of hydrogen-bond acceptors (Lipinski definition) is 3. The van der Waals surface area contributed by atoms with Gasteiger partial charge in [-0.25, -0.2) is 0 Å². The summed E-state index contributed by atoms with van der Waals surface area (Å²) < 4.78 is 1.90. The number of nitrogens with one attached hydrogen (secondary N) is 1. The quantitative estimate of drug-likeness (QED) is 0.895. The fraction of sp³-hybridized carbons (Fsp3) is 0.524. The first kappa shape index (κ1) is 18.5. The van der Waals surface area contributed by atoms with E-state index >= 15 is 0 Å². The van der Waals surface area contributed by atoms with Crippen molar-refractivity contribution in [3.8, 4) is 0 Å². The first-order valence-corrected chi connectivity index (χ1v) is 9.60. The van der Waals surface area contributed by atoms with Gasteiger partial charge in [0.05, 0.1) is 5.69 Å². The van der Waals surface area contributed by atoms with Crippen LogP contribution in [0.15, 0.2) is 24.3 Å². The van der Waals surface area contributed by atoms with Crippen molar-refractivity contribution in [1.82, 2.24) is 15.1 Å². The summed E-state index contributed by atoms with van der Waals surface area (Å²) in [6.07, 6.45) is 4.63. The lowest BCUT2D eigenvalue weighted by molar-refractivity contribution is 0.0940. The summed E-state index contributed by atoms with van der Waals surface area (Å²) >= 11 is 0. The molecule has 0 unspecified atom stereocenters. The van der Waals surface area contributed by atoms with E-state index in [1.807, 2.05) is 37.7 Å². The molecule has 2 heterocycles. The van der Waals surface area contributed by atoms with E-state index in [0.717, 1.165) is 36.5 Å². The monoisotopic (exact) mass is 354 g/mol. The molecule has 0 aliphatic carbocycles. The molecule has 1 fully saturated rings. The van der Waals surface area contributed by atoms with Gasteiger partial charge in [0, 0.05) is 43.1 Å². The Morgan fingerprint density at radius 3 is 2.38 bits per heavy atom. The van der Waals surface area contributed by atoms with Crippen LogP contribution in [-0.4, -0.2) is 34.8 Å². The van der Waals surface area contributed by atoms with Crippen LogP contribution >= 0.6 is 0 Å². The second-order valence-corrected chi connectivity index (χ2v) is 7.45. The minimum atomic E-state index is -0.0121. The van der Waals surface area contributed by atoms with Crippen molar-refractivity contribution in [3.05, 3.63) is 46.8 Å². The number of hydrogen-bond donors (Lipinski definition) is 1. The van der Waals surface area contributed by atoms with Gasteiger partial charge in [-0.05, 0) is 76.3 Å². The van der Waals surface area contributed by atoms with Gasteiger partial charge in [-0.3, -0.25) is 9.48 Å². The summed E-state index contributed by atoms with van der Waals surface area (Å²) in [4.78, 5) is 15.0. The molecule has 26 heavy (non-hydrogen) atoms. The van der Waals surface area contributed by atoms with E-state index in [1.165, 1.54) is 30.5 Å². The highest BCUT2D eigenvalue weighted by molar-refractivity contribution is 5.94. The Morgan fingerprint density at radius 1 is 1.15 bits per heavy atom. The number of carbonyl (C=O) groups is 1. The average Bonchev–Trinajstić information content (AvgIpc) is 2.88. The van der Waals surface area contributed by atoms with Gasteiger partial charge in [0.15, 0.2) is 0 Å². The number of benzene rings is 1. The highest BCUT2D eigenvalue weighted by Crippen LogP contribution is 2.20. The zero-order valence-electron chi connectivity index (χ0n) is 16.4. The number of aromatic nitrogens is 2. The highest BCUT2D eigenvalue weighted by Gasteiger charge is 2.16. The molecule has 1 saturated heterocycles. The summed E-state index contributed by atoms with van der Waals surface area (Å²) in [6, 6.07) is 8.07. The van der Waals surface area contributed by atoms with E-state index in [4.69, 9.17) is 0 Å². The summed E-state index contributed by atoms with van der Waals surface area (Å²) in [5, 5.41) is 7.57. The molecule has 5 heteroatoms. The van der Waals surface area contributed by atoms with Gasteiger partial charge in [0.25, 0.3) is 5.91 Å². The summed E-state index contributed by atoms with van der Waals surface area (Å²) in [7, 11) is 1.96. The lowest BCUT2D eigenvalue weighted by atomic mass is 10.0. The molecule has 1 amide bonds. The second-order valence-electron chi connectivity index (χ2n) is 7.45. The zero-order valence-corrected chi connectivity index (χ0v) is 16.4. The minimum absolute atomic E-state index is 0.0121. The lowest BCUT2D eigenvalue weighted by Crippen LogP contribution is -2.34. The third-order valence-electron chi connectivity index (χ3n) is 5.40. The molecule has 0 radical (unpaired) electrons. The van der Waals surface area contributed by atoms with Crippen LogP contribution in [0.5, 0.6) is 0 Å². The van der Waals surface area contributed by atoms with Crippen molar-refractivity contribution < 1.29 is 4.79 Å². The number of rotatable bonds is 5. The Balaban J connectivity index is 1.60. The molecular formula is C21H30N4O. The smallest absolute Gasteiger partial charge is 0.251 e. The van der Waals surface area contributed by atoms with Crippen molar-refractivity contribution in [3.63, 3.8) is 0 Å². The first-order valence-electron chi connectivity index (χ1n) is 9.60. The van der Waals surface area contributed by atoms with E-state index in [2.05, 4.69) is 34.4 Å². The maximum atomic E-state index is 12.6. The van der Waals surface area contributed by atoms with Gasteiger partial charge in [0.2, 0.25) is 0 Å². The Morgan fingerprint density at radius 2 is 1.81 bits per heavy atom.